The molecule has 3 atom stereocenters. The molecule has 1 aromatic carbocycles. The number of aromatic nitrogens is 5. The predicted molar refractivity (Wildman–Crippen MR) is 296 cm³/mol. The molecular formula is C59H77N9O7S. The zero-order valence-electron chi connectivity index (χ0n) is 45.4. The number of Topliss-reactive ketones (excluding diaryl/α,β-unsaturated/α-hetero) is 2. The summed E-state index contributed by atoms with van der Waals surface area (Å²) in [7, 11) is 0. The summed E-state index contributed by atoms with van der Waals surface area (Å²) in [6, 6.07) is 11.2. The van der Waals surface area contributed by atoms with Crippen LogP contribution in [-0.2, 0) is 32.1 Å². The van der Waals surface area contributed by atoms with E-state index in [9.17, 15) is 33.9 Å². The largest absolute Gasteiger partial charge is 0.391 e. The van der Waals surface area contributed by atoms with Crippen LogP contribution in [0.4, 0.5) is 5.69 Å². The van der Waals surface area contributed by atoms with Crippen LogP contribution in [0.1, 0.15) is 169 Å². The highest BCUT2D eigenvalue weighted by Gasteiger charge is 2.44. The summed E-state index contributed by atoms with van der Waals surface area (Å²) in [5.41, 5.74) is 7.26. The molecule has 0 radical (unpaired) electrons. The van der Waals surface area contributed by atoms with Crippen LogP contribution in [0.25, 0.3) is 21.5 Å². The topological polar surface area (TPSA) is 201 Å². The van der Waals surface area contributed by atoms with E-state index >= 15 is 0 Å². The van der Waals surface area contributed by atoms with Gasteiger partial charge in [-0.3, -0.25) is 38.3 Å². The molecule has 17 heteroatoms. The van der Waals surface area contributed by atoms with Crippen LogP contribution in [0.15, 0.2) is 59.1 Å². The number of carbonyl (C=O) groups excluding carboxylic acids is 5. The molecule has 8 rings (SSSR count). The van der Waals surface area contributed by atoms with Crippen molar-refractivity contribution in [1.82, 2.24) is 39.6 Å². The van der Waals surface area contributed by atoms with Gasteiger partial charge in [-0.2, -0.15) is 0 Å². The molecule has 0 spiro atoms. The molecule has 6 heterocycles. The lowest BCUT2D eigenvalue weighted by Crippen LogP contribution is -2.50. The quantitative estimate of drug-likeness (QED) is 0.0493. The molecule has 3 amide bonds. The first-order valence-electron chi connectivity index (χ1n) is 27.6. The number of pyridine rings is 2. The lowest BCUT2D eigenvalue weighted by Gasteiger charge is -2.36. The Bertz CT molecular complexity index is 2920. The fraction of sp³-hybridized carbons (Fsp3) is 0.559. The van der Waals surface area contributed by atoms with E-state index < -0.39 is 23.5 Å². The van der Waals surface area contributed by atoms with Crippen LogP contribution in [-0.4, -0.2) is 114 Å². The van der Waals surface area contributed by atoms with Gasteiger partial charge in [-0.05, 0) is 80.7 Å². The lowest BCUT2D eigenvalue weighted by molar-refractivity contribution is -0.146. The molecule has 1 aliphatic carbocycles. The monoisotopic (exact) mass is 1060 g/mol. The summed E-state index contributed by atoms with van der Waals surface area (Å²) in [5.74, 6) is -0.616. The number of unbranched alkanes of at least 4 members (excludes halogenated alkanes) is 6. The van der Waals surface area contributed by atoms with Crippen molar-refractivity contribution < 1.29 is 29.1 Å². The normalized spacial score (nSPS) is 17.6. The van der Waals surface area contributed by atoms with Crippen LogP contribution in [0, 0.1) is 25.2 Å². The molecular weight excluding hydrogens is 979 g/mol. The first-order chi connectivity index (χ1) is 36.5. The number of hydrogen-bond donors (Lipinski definition) is 2. The van der Waals surface area contributed by atoms with Gasteiger partial charge in [0, 0.05) is 94.2 Å². The van der Waals surface area contributed by atoms with Crippen LogP contribution in [0.3, 0.4) is 0 Å². The van der Waals surface area contributed by atoms with E-state index in [-0.39, 0.29) is 65.8 Å². The number of benzene rings is 1. The van der Waals surface area contributed by atoms with Crippen molar-refractivity contribution in [2.45, 2.75) is 169 Å². The maximum absolute atomic E-state index is 14.1. The van der Waals surface area contributed by atoms with Gasteiger partial charge in [0.15, 0.2) is 5.78 Å². The maximum atomic E-state index is 14.1. The van der Waals surface area contributed by atoms with E-state index in [0.29, 0.717) is 55.9 Å². The molecule has 16 nitrogen and oxygen atoms in total. The second kappa shape index (κ2) is 25.3. The molecule has 0 bridgehead atoms. The molecule has 0 unspecified atom stereocenters. The molecule has 2 N–H and O–H groups in total. The molecule has 1 saturated carbocycles. The number of ketones is 2. The maximum Gasteiger partial charge on any atom is 0.263 e. The summed E-state index contributed by atoms with van der Waals surface area (Å²) in [6.45, 7) is 14.2. The Kier molecular flexibility index (Phi) is 18.6. The Morgan fingerprint density at radius 1 is 0.842 bits per heavy atom. The fourth-order valence-electron chi connectivity index (χ4n) is 11.4. The number of likely N-dealkylation sites (tertiary alicyclic amines) is 1. The second-order valence-electron chi connectivity index (χ2n) is 22.5. The van der Waals surface area contributed by atoms with E-state index in [0.717, 1.165) is 122 Å². The molecule has 4 aromatic heterocycles. The number of carbonyl (C=O) groups is 5. The standard InChI is InChI=1S/C59H77N9O7S/c1-38-48-35-61-51(64-55(48)68(44-16-14-15-17-44)58(75)53(38)40(3)69)30-43-24-25-45(34-60-43)65-26-28-66(29-27-65)52(72)19-13-11-9-7-8-10-12-18-46(70)31-49(59(4,5)6)57(74)67-36-47(71)32-50(67)56(73)62-33-41-20-22-42(23-21-41)54-39(2)63-37-76-54/h20-25,34-35,37,44,47,49-50,71H,7-19,26-33,36H2,1-6H3,(H,62,73)/t47-,49-,50+/m1/s1. The summed E-state index contributed by atoms with van der Waals surface area (Å²) in [5, 5.41) is 14.3. The number of nitrogens with zero attached hydrogens (tertiary/aromatic N) is 8. The van der Waals surface area contributed by atoms with Gasteiger partial charge < -0.3 is 25.1 Å². The molecule has 5 aromatic rings. The second-order valence-corrected chi connectivity index (χ2v) is 23.3. The Morgan fingerprint density at radius 3 is 2.16 bits per heavy atom. The van der Waals surface area contributed by atoms with Gasteiger partial charge in [0.05, 0.1) is 46.1 Å². The average molecular weight is 1060 g/mol. The Balaban J connectivity index is 0.703. The first kappa shape index (κ1) is 56.0. The minimum atomic E-state index is -0.814. The van der Waals surface area contributed by atoms with Gasteiger partial charge >= 0.3 is 0 Å². The zero-order valence-corrected chi connectivity index (χ0v) is 46.3. The van der Waals surface area contributed by atoms with Crippen molar-refractivity contribution in [2.24, 2.45) is 11.3 Å². The van der Waals surface area contributed by atoms with E-state index in [1.165, 1.54) is 11.8 Å². The number of nitrogens with one attached hydrogen (secondary N) is 1. The lowest BCUT2D eigenvalue weighted by atomic mass is 9.76. The molecule has 2 aliphatic heterocycles. The van der Waals surface area contributed by atoms with Gasteiger partial charge in [0.1, 0.15) is 23.3 Å². The van der Waals surface area contributed by atoms with Crippen molar-refractivity contribution in [3.05, 3.63) is 98.6 Å². The molecule has 3 aliphatic rings. The number of hydrogen-bond acceptors (Lipinski definition) is 13. The Hall–Kier alpha value is -6.20. The van der Waals surface area contributed by atoms with Gasteiger partial charge in [-0.25, -0.2) is 15.0 Å². The summed E-state index contributed by atoms with van der Waals surface area (Å²) in [6.07, 6.45) is 14.8. The van der Waals surface area contributed by atoms with Crippen molar-refractivity contribution in [3.63, 3.8) is 0 Å². The van der Waals surface area contributed by atoms with Gasteiger partial charge in [-0.1, -0.05) is 90.0 Å². The molecule has 3 fully saturated rings. The third kappa shape index (κ3) is 13.7. The van der Waals surface area contributed by atoms with Crippen molar-refractivity contribution in [1.29, 1.82) is 0 Å². The predicted octanol–water partition coefficient (Wildman–Crippen LogP) is 8.89. The number of aryl methyl sites for hydroxylation is 2. The summed E-state index contributed by atoms with van der Waals surface area (Å²) in [4.78, 5) is 106. The number of amides is 3. The highest BCUT2D eigenvalue weighted by atomic mass is 32.1. The zero-order chi connectivity index (χ0) is 54.1. The average Bonchev–Trinajstić information content (AvgIpc) is 4.20. The SMILES string of the molecule is CC(=O)c1c(C)c2cnc(Cc3ccc(N4CCN(C(=O)CCCCCCCCCC(=O)C[C@H](C(=O)N5C[C@H](O)C[C@H]5C(=O)NCc5ccc(-c6scnc6C)cc5)C(C)(C)C)CC4)cn3)nc2n(C2CCCC2)c1=O. The van der Waals surface area contributed by atoms with Gasteiger partial charge in [-0.15, -0.1) is 11.3 Å². The summed E-state index contributed by atoms with van der Waals surface area (Å²) < 4.78 is 1.74. The van der Waals surface area contributed by atoms with E-state index in [1.807, 2.05) is 74.6 Å². The minimum absolute atomic E-state index is 0.0196. The van der Waals surface area contributed by atoms with Crippen LogP contribution < -0.4 is 15.8 Å². The van der Waals surface area contributed by atoms with E-state index in [4.69, 9.17) is 9.97 Å². The number of fused-ring (bicyclic) bond motifs is 1. The molecule has 406 valence electrons. The Morgan fingerprint density at radius 2 is 1.53 bits per heavy atom. The fourth-order valence-corrected chi connectivity index (χ4v) is 12.2. The number of piperazine rings is 1. The highest BCUT2D eigenvalue weighted by molar-refractivity contribution is 7.13. The van der Waals surface area contributed by atoms with Crippen LogP contribution in [0.5, 0.6) is 0 Å². The smallest absolute Gasteiger partial charge is 0.263 e. The van der Waals surface area contributed by atoms with E-state index in [1.54, 1.807) is 29.0 Å². The molecule has 2 saturated heterocycles. The number of anilines is 1. The summed E-state index contributed by atoms with van der Waals surface area (Å²) >= 11 is 1.59. The van der Waals surface area contributed by atoms with Gasteiger partial charge in [0.25, 0.3) is 5.56 Å². The Labute approximate surface area is 451 Å². The highest BCUT2D eigenvalue weighted by Crippen LogP contribution is 2.35. The number of β-amino-alcohol motifs (C(OH)–C–C–N with tert-alkyl or cyclic N) is 1. The molecule has 76 heavy (non-hydrogen) atoms. The number of rotatable bonds is 22. The van der Waals surface area contributed by atoms with Gasteiger partial charge in [0.2, 0.25) is 17.7 Å². The van der Waals surface area contributed by atoms with Crippen molar-refractivity contribution >= 4 is 57.3 Å². The van der Waals surface area contributed by atoms with E-state index in [2.05, 4.69) is 26.3 Å². The van der Waals surface area contributed by atoms with Crippen molar-refractivity contribution in [3.8, 4) is 10.4 Å². The third-order valence-corrected chi connectivity index (χ3v) is 16.8. The number of aliphatic hydroxyl groups is 1. The number of thiazole rings is 1. The van der Waals surface area contributed by atoms with Crippen molar-refractivity contribution in [2.75, 3.05) is 37.6 Å². The van der Waals surface area contributed by atoms with Crippen LogP contribution in [0.2, 0.25) is 0 Å². The minimum Gasteiger partial charge on any atom is -0.391 e. The first-order valence-corrected chi connectivity index (χ1v) is 28.5. The number of aliphatic hydroxyl groups excluding tert-OH is 1. The van der Waals surface area contributed by atoms with Crippen LogP contribution >= 0.6 is 11.3 Å². The third-order valence-electron chi connectivity index (χ3n) is 15.9.